The second-order valence-corrected chi connectivity index (χ2v) is 5.35. The van der Waals surface area contributed by atoms with Gasteiger partial charge in [0.15, 0.2) is 0 Å². The quantitative estimate of drug-likeness (QED) is 0.818. The van der Waals surface area contributed by atoms with Gasteiger partial charge in [-0.3, -0.25) is 0 Å². The van der Waals surface area contributed by atoms with Crippen molar-refractivity contribution in [2.24, 2.45) is 5.92 Å². The number of nitrogens with two attached hydrogens (primary N) is 1. The van der Waals surface area contributed by atoms with Crippen molar-refractivity contribution >= 4 is 16.7 Å². The number of benzene rings is 1. The second kappa shape index (κ2) is 5.42. The van der Waals surface area contributed by atoms with Crippen LogP contribution >= 0.6 is 0 Å². The molecule has 1 aromatic heterocycles. The van der Waals surface area contributed by atoms with E-state index in [2.05, 4.69) is 31.4 Å². The Labute approximate surface area is 109 Å². The summed E-state index contributed by atoms with van der Waals surface area (Å²) in [4.78, 5) is 4.74. The zero-order chi connectivity index (χ0) is 13.1. The molecule has 0 saturated carbocycles. The number of nitrogens with zero attached hydrogens (tertiary/aromatic N) is 2. The molecule has 1 heterocycles. The van der Waals surface area contributed by atoms with Gasteiger partial charge in [-0.25, -0.2) is 4.98 Å². The molecule has 0 amide bonds. The fourth-order valence-electron chi connectivity index (χ4n) is 2.30. The predicted molar refractivity (Wildman–Crippen MR) is 77.6 cm³/mol. The Morgan fingerprint density at radius 3 is 2.78 bits per heavy atom. The number of nitrogen functional groups attached to an aromatic ring is 1. The fourth-order valence-corrected chi connectivity index (χ4v) is 2.30. The lowest BCUT2D eigenvalue weighted by atomic mass is 10.1. The summed E-state index contributed by atoms with van der Waals surface area (Å²) in [5.74, 6) is 1.79. The summed E-state index contributed by atoms with van der Waals surface area (Å²) in [6.07, 6.45) is 3.40. The molecule has 0 spiro atoms. The lowest BCUT2D eigenvalue weighted by Gasteiger charge is -2.10. The van der Waals surface area contributed by atoms with E-state index in [9.17, 15) is 0 Å². The molecule has 2 rings (SSSR count). The van der Waals surface area contributed by atoms with Gasteiger partial charge in [0.25, 0.3) is 0 Å². The van der Waals surface area contributed by atoms with Crippen LogP contribution in [0, 0.1) is 5.92 Å². The Morgan fingerprint density at radius 1 is 1.33 bits per heavy atom. The summed E-state index contributed by atoms with van der Waals surface area (Å²) in [6, 6.07) is 6.07. The number of rotatable bonds is 5. The number of unbranched alkanes of at least 4 members (excludes halogenated alkanes) is 1. The minimum Gasteiger partial charge on any atom is -0.397 e. The lowest BCUT2D eigenvalue weighted by molar-refractivity contribution is 0.562. The van der Waals surface area contributed by atoms with E-state index in [0.29, 0.717) is 5.92 Å². The number of hydrogen-bond acceptors (Lipinski definition) is 2. The molecule has 0 atom stereocenters. The number of hydrogen-bond donors (Lipinski definition) is 1. The van der Waals surface area contributed by atoms with E-state index in [4.69, 9.17) is 10.7 Å². The van der Waals surface area contributed by atoms with Gasteiger partial charge in [-0.15, -0.1) is 0 Å². The number of fused-ring (bicyclic) bond motifs is 1. The summed E-state index contributed by atoms with van der Waals surface area (Å²) in [6.45, 7) is 7.72. The van der Waals surface area contributed by atoms with Crippen molar-refractivity contribution < 1.29 is 0 Å². The molecule has 0 saturated heterocycles. The normalized spacial score (nSPS) is 11.6. The van der Waals surface area contributed by atoms with Crippen LogP contribution in [0.3, 0.4) is 0 Å². The molecular formula is C15H23N3. The van der Waals surface area contributed by atoms with Crippen molar-refractivity contribution in [1.29, 1.82) is 0 Å². The highest BCUT2D eigenvalue weighted by Crippen LogP contribution is 2.23. The molecule has 3 nitrogen and oxygen atoms in total. The van der Waals surface area contributed by atoms with Gasteiger partial charge >= 0.3 is 0 Å². The molecule has 1 aromatic carbocycles. The monoisotopic (exact) mass is 245 g/mol. The summed E-state index contributed by atoms with van der Waals surface area (Å²) < 4.78 is 2.34. The van der Waals surface area contributed by atoms with E-state index in [0.717, 1.165) is 24.2 Å². The SMILES string of the molecule is CCCCn1c(CC(C)C)nc2c(N)cccc21. The molecule has 0 aliphatic heterocycles. The molecular weight excluding hydrogens is 222 g/mol. The summed E-state index contributed by atoms with van der Waals surface area (Å²) in [5.41, 5.74) is 8.95. The maximum atomic E-state index is 6.02. The molecule has 2 N–H and O–H groups in total. The Bertz CT molecular complexity index is 526. The molecule has 0 radical (unpaired) electrons. The number of imidazole rings is 1. The van der Waals surface area contributed by atoms with Crippen molar-refractivity contribution in [3.63, 3.8) is 0 Å². The summed E-state index contributed by atoms with van der Waals surface area (Å²) in [7, 11) is 0. The van der Waals surface area contributed by atoms with Gasteiger partial charge in [-0.05, 0) is 24.5 Å². The fraction of sp³-hybridized carbons (Fsp3) is 0.533. The van der Waals surface area contributed by atoms with Gasteiger partial charge in [-0.1, -0.05) is 33.3 Å². The van der Waals surface area contributed by atoms with Crippen molar-refractivity contribution in [1.82, 2.24) is 9.55 Å². The Balaban J connectivity index is 2.49. The summed E-state index contributed by atoms with van der Waals surface area (Å²) >= 11 is 0. The zero-order valence-electron chi connectivity index (χ0n) is 11.6. The van der Waals surface area contributed by atoms with Gasteiger partial charge in [0.2, 0.25) is 0 Å². The topological polar surface area (TPSA) is 43.8 Å². The lowest BCUT2D eigenvalue weighted by Crippen LogP contribution is -2.07. The maximum Gasteiger partial charge on any atom is 0.112 e. The number of anilines is 1. The third-order valence-corrected chi connectivity index (χ3v) is 3.22. The Morgan fingerprint density at radius 2 is 2.11 bits per heavy atom. The molecule has 3 heteroatoms. The third kappa shape index (κ3) is 2.50. The first-order chi connectivity index (χ1) is 8.63. The van der Waals surface area contributed by atoms with Gasteiger partial charge in [0, 0.05) is 13.0 Å². The van der Waals surface area contributed by atoms with Crippen molar-refractivity contribution in [3.8, 4) is 0 Å². The van der Waals surface area contributed by atoms with E-state index >= 15 is 0 Å². The first-order valence-electron chi connectivity index (χ1n) is 6.87. The van der Waals surface area contributed by atoms with Crippen molar-refractivity contribution in [3.05, 3.63) is 24.0 Å². The van der Waals surface area contributed by atoms with Crippen LogP contribution in [-0.4, -0.2) is 9.55 Å². The van der Waals surface area contributed by atoms with E-state index in [1.54, 1.807) is 0 Å². The molecule has 98 valence electrons. The van der Waals surface area contributed by atoms with Gasteiger partial charge in [0.1, 0.15) is 11.3 Å². The second-order valence-electron chi connectivity index (χ2n) is 5.35. The predicted octanol–water partition coefficient (Wildman–Crippen LogP) is 3.62. The molecule has 18 heavy (non-hydrogen) atoms. The first-order valence-corrected chi connectivity index (χ1v) is 6.87. The Hall–Kier alpha value is -1.51. The standard InChI is InChI=1S/C15H23N3/c1-4-5-9-18-13-8-6-7-12(16)15(13)17-14(18)10-11(2)3/h6-8,11H,4-5,9-10,16H2,1-3H3. The molecule has 2 aromatic rings. The Kier molecular flexibility index (Phi) is 3.90. The van der Waals surface area contributed by atoms with Crippen LogP contribution in [-0.2, 0) is 13.0 Å². The van der Waals surface area contributed by atoms with Crippen LogP contribution in [0.25, 0.3) is 11.0 Å². The van der Waals surface area contributed by atoms with E-state index in [1.807, 2.05) is 12.1 Å². The van der Waals surface area contributed by atoms with Crippen LogP contribution in [0.2, 0.25) is 0 Å². The average molecular weight is 245 g/mol. The highest BCUT2D eigenvalue weighted by Gasteiger charge is 2.13. The molecule has 0 unspecified atom stereocenters. The largest absolute Gasteiger partial charge is 0.397 e. The number of aryl methyl sites for hydroxylation is 1. The number of aromatic nitrogens is 2. The van der Waals surface area contributed by atoms with Gasteiger partial charge < -0.3 is 10.3 Å². The zero-order valence-corrected chi connectivity index (χ0v) is 11.6. The maximum absolute atomic E-state index is 6.02. The average Bonchev–Trinajstić information content (AvgIpc) is 2.65. The third-order valence-electron chi connectivity index (χ3n) is 3.22. The van der Waals surface area contributed by atoms with E-state index < -0.39 is 0 Å². The molecule has 0 fully saturated rings. The minimum atomic E-state index is 0.614. The van der Waals surface area contributed by atoms with Crippen LogP contribution in [0.1, 0.15) is 39.4 Å². The van der Waals surface area contributed by atoms with Crippen LogP contribution in [0.5, 0.6) is 0 Å². The van der Waals surface area contributed by atoms with Gasteiger partial charge in [-0.2, -0.15) is 0 Å². The highest BCUT2D eigenvalue weighted by atomic mass is 15.1. The summed E-state index contributed by atoms with van der Waals surface area (Å²) in [5, 5.41) is 0. The highest BCUT2D eigenvalue weighted by molar-refractivity contribution is 5.87. The van der Waals surface area contributed by atoms with Crippen LogP contribution in [0.15, 0.2) is 18.2 Å². The molecule has 0 aliphatic rings. The van der Waals surface area contributed by atoms with Crippen molar-refractivity contribution in [2.45, 2.75) is 46.6 Å². The van der Waals surface area contributed by atoms with Crippen molar-refractivity contribution in [2.75, 3.05) is 5.73 Å². The minimum absolute atomic E-state index is 0.614. The van der Waals surface area contributed by atoms with Crippen LogP contribution in [0.4, 0.5) is 5.69 Å². The first kappa shape index (κ1) is 12.9. The molecule has 0 bridgehead atoms. The van der Waals surface area contributed by atoms with Gasteiger partial charge in [0.05, 0.1) is 11.2 Å². The van der Waals surface area contributed by atoms with E-state index in [1.165, 1.54) is 24.2 Å². The van der Waals surface area contributed by atoms with Crippen LogP contribution < -0.4 is 5.73 Å². The van der Waals surface area contributed by atoms with E-state index in [-0.39, 0.29) is 0 Å². The molecule has 0 aliphatic carbocycles. The number of para-hydroxylation sites is 1. The smallest absolute Gasteiger partial charge is 0.112 e.